The number of benzene rings is 2. The van der Waals surface area contributed by atoms with Crippen LogP contribution in [-0.4, -0.2) is 61.6 Å². The molecule has 2 aromatic carbocycles. The molecule has 0 unspecified atom stereocenters. The number of hydrogen-bond donors (Lipinski definition) is 6. The van der Waals surface area contributed by atoms with E-state index in [1.54, 1.807) is 7.11 Å². The molecule has 0 aliphatic rings. The molecule has 0 heterocycles. The number of Topliss-reactive ketones (excluding diaryl/α,β-unsaturated/α-hetero) is 2. The van der Waals surface area contributed by atoms with Gasteiger partial charge in [-0.2, -0.15) is 0 Å². The third-order valence-corrected chi connectivity index (χ3v) is 8.38. The van der Waals surface area contributed by atoms with Crippen molar-refractivity contribution in [1.29, 1.82) is 0 Å². The van der Waals surface area contributed by atoms with E-state index in [-0.39, 0.29) is 36.8 Å². The molecule has 12 nitrogen and oxygen atoms in total. The lowest BCUT2D eigenvalue weighted by molar-refractivity contribution is -0.133. The summed E-state index contributed by atoms with van der Waals surface area (Å²) in [7, 11) is 1.59. The number of guanidine groups is 1. The van der Waals surface area contributed by atoms with Gasteiger partial charge in [-0.3, -0.25) is 24.2 Å². The van der Waals surface area contributed by atoms with Gasteiger partial charge in [-0.05, 0) is 99.7 Å². The van der Waals surface area contributed by atoms with Gasteiger partial charge in [-0.1, -0.05) is 30.3 Å². The lowest BCUT2D eigenvalue weighted by atomic mass is 9.86. The summed E-state index contributed by atoms with van der Waals surface area (Å²) in [4.78, 5) is 57.3. The maximum Gasteiger partial charge on any atom is 0.224 e. The largest absolute Gasteiger partial charge is 0.497 e. The molecule has 2 amide bonds. The molecule has 11 N–H and O–H groups in total. The number of carbonyl (C=O) groups is 4. The monoisotopic (exact) mass is 651 g/mol. The second-order valence-corrected chi connectivity index (χ2v) is 12.2. The van der Waals surface area contributed by atoms with Gasteiger partial charge in [0.15, 0.2) is 11.7 Å². The lowest BCUT2D eigenvalue weighted by Crippen LogP contribution is -2.46. The first-order valence-electron chi connectivity index (χ1n) is 16.2. The average Bonchev–Trinajstić information content (AvgIpc) is 3.03. The van der Waals surface area contributed by atoms with Gasteiger partial charge in [-0.15, -0.1) is 0 Å². The van der Waals surface area contributed by atoms with Crippen LogP contribution in [0.25, 0.3) is 0 Å². The first-order chi connectivity index (χ1) is 22.4. The minimum absolute atomic E-state index is 0.0374. The van der Waals surface area contributed by atoms with Crippen LogP contribution in [0.4, 0.5) is 0 Å². The molecule has 0 radical (unpaired) electrons. The number of aryl methyl sites for hydroxylation is 2. The molecule has 0 spiro atoms. The fourth-order valence-electron chi connectivity index (χ4n) is 5.63. The Morgan fingerprint density at radius 3 is 2.06 bits per heavy atom. The highest BCUT2D eigenvalue weighted by Crippen LogP contribution is 2.26. The van der Waals surface area contributed by atoms with Crippen LogP contribution in [-0.2, 0) is 32.0 Å². The Bertz CT molecular complexity index is 1340. The SMILES string of the molecule is COc1cc(C)c(C[C@H](CC(=O)[C@H](N)CCCN=C(N)N)C(=O)N[C@@H](CCCCN)C(=O)C[C@@H](Cc2ccccc2)C(N)=O)c(C)c1. The van der Waals surface area contributed by atoms with Gasteiger partial charge < -0.3 is 38.7 Å². The third kappa shape index (κ3) is 13.5. The van der Waals surface area contributed by atoms with Crippen molar-refractivity contribution in [3.63, 3.8) is 0 Å². The number of nitrogens with zero attached hydrogens (tertiary/aromatic N) is 1. The molecule has 4 atom stereocenters. The summed E-state index contributed by atoms with van der Waals surface area (Å²) in [5.74, 6) is -2.49. The second kappa shape index (κ2) is 20.1. The van der Waals surface area contributed by atoms with Crippen molar-refractivity contribution in [1.82, 2.24) is 5.32 Å². The quantitative estimate of drug-likeness (QED) is 0.0617. The third-order valence-electron chi connectivity index (χ3n) is 8.38. The number of unbranched alkanes of at least 4 members (excludes halogenated alkanes) is 1. The predicted molar refractivity (Wildman–Crippen MR) is 184 cm³/mol. The van der Waals surface area contributed by atoms with Gasteiger partial charge in [0, 0.05) is 31.2 Å². The number of hydrogen-bond acceptors (Lipinski definition) is 8. The molecule has 0 saturated heterocycles. The Balaban J connectivity index is 2.32. The topological polar surface area (TPSA) is 232 Å². The molecule has 0 bridgehead atoms. The highest BCUT2D eigenvalue weighted by Gasteiger charge is 2.31. The highest BCUT2D eigenvalue weighted by atomic mass is 16.5. The van der Waals surface area contributed by atoms with Crippen molar-refractivity contribution >= 4 is 29.3 Å². The summed E-state index contributed by atoms with van der Waals surface area (Å²) in [6.07, 6.45) is 2.74. The van der Waals surface area contributed by atoms with Crippen molar-refractivity contribution in [2.75, 3.05) is 20.2 Å². The predicted octanol–water partition coefficient (Wildman–Crippen LogP) is 1.73. The minimum atomic E-state index is -0.879. The Kier molecular flexibility index (Phi) is 16.6. The molecule has 258 valence electrons. The fourth-order valence-corrected chi connectivity index (χ4v) is 5.63. The van der Waals surface area contributed by atoms with E-state index in [2.05, 4.69) is 10.3 Å². The number of rotatable bonds is 22. The number of methoxy groups -OCH3 is 1. The van der Waals surface area contributed by atoms with Gasteiger partial charge in [0.2, 0.25) is 11.8 Å². The van der Waals surface area contributed by atoms with Gasteiger partial charge in [0.25, 0.3) is 0 Å². The second-order valence-electron chi connectivity index (χ2n) is 12.2. The van der Waals surface area contributed by atoms with Gasteiger partial charge in [0.05, 0.1) is 19.2 Å². The van der Waals surface area contributed by atoms with E-state index >= 15 is 0 Å². The number of carbonyl (C=O) groups excluding carboxylic acids is 4. The van der Waals surface area contributed by atoms with Crippen molar-refractivity contribution in [3.8, 4) is 5.75 Å². The molecule has 2 rings (SSSR count). The Hall–Kier alpha value is -4.29. The van der Waals surface area contributed by atoms with Crippen molar-refractivity contribution < 1.29 is 23.9 Å². The zero-order valence-electron chi connectivity index (χ0n) is 28.0. The molecular weight excluding hydrogens is 598 g/mol. The van der Waals surface area contributed by atoms with Crippen molar-refractivity contribution in [3.05, 3.63) is 64.7 Å². The summed E-state index contributed by atoms with van der Waals surface area (Å²) in [5, 5.41) is 2.93. The number of ether oxygens (including phenoxy) is 1. The number of aliphatic imine (C=N–C) groups is 1. The van der Waals surface area contributed by atoms with E-state index in [0.29, 0.717) is 57.4 Å². The first kappa shape index (κ1) is 38.9. The molecule has 2 aromatic rings. The van der Waals surface area contributed by atoms with Crippen LogP contribution in [0, 0.1) is 25.7 Å². The smallest absolute Gasteiger partial charge is 0.224 e. The van der Waals surface area contributed by atoms with Crippen LogP contribution in [0.5, 0.6) is 5.75 Å². The average molecular weight is 652 g/mol. The summed E-state index contributed by atoms with van der Waals surface area (Å²) < 4.78 is 5.40. The van der Waals surface area contributed by atoms with Gasteiger partial charge >= 0.3 is 0 Å². The van der Waals surface area contributed by atoms with Crippen LogP contribution < -0.4 is 38.7 Å². The number of nitrogens with one attached hydrogen (secondary N) is 1. The molecule has 0 saturated carbocycles. The van der Waals surface area contributed by atoms with Crippen LogP contribution in [0.3, 0.4) is 0 Å². The van der Waals surface area contributed by atoms with E-state index < -0.39 is 35.7 Å². The Morgan fingerprint density at radius 2 is 1.49 bits per heavy atom. The van der Waals surface area contributed by atoms with Crippen molar-refractivity contribution in [2.24, 2.45) is 45.5 Å². The molecule has 0 aliphatic heterocycles. The molecule has 0 fully saturated rings. The van der Waals surface area contributed by atoms with Crippen LogP contribution in [0.2, 0.25) is 0 Å². The summed E-state index contributed by atoms with van der Waals surface area (Å²) in [5.41, 5.74) is 32.0. The standard InChI is InChI=1S/C35H53N7O5/c1-22-16-27(47-3)17-23(2)28(22)19-26(21-31(43)29(37)12-9-15-41-35(39)40)34(46)42-30(13-7-8-14-36)32(44)20-25(33(38)45)18-24-10-5-4-6-11-24/h4-6,10-11,16-17,25-26,29-30H,7-9,12-15,18-21,36-37H2,1-3H3,(H2,38,45)(H,42,46)(H4,39,40,41)/t25-,26-,29-,30+/m1/s1. The number of ketones is 2. The van der Waals surface area contributed by atoms with E-state index in [1.807, 2.05) is 56.3 Å². The molecule has 47 heavy (non-hydrogen) atoms. The van der Waals surface area contributed by atoms with Crippen LogP contribution in [0.1, 0.15) is 67.2 Å². The van der Waals surface area contributed by atoms with E-state index in [9.17, 15) is 19.2 Å². The molecule has 0 aliphatic carbocycles. The molecule has 0 aromatic heterocycles. The maximum absolute atomic E-state index is 14.0. The summed E-state index contributed by atoms with van der Waals surface area (Å²) in [6.45, 7) is 4.61. The first-order valence-corrected chi connectivity index (χ1v) is 16.2. The minimum Gasteiger partial charge on any atom is -0.497 e. The number of nitrogens with two attached hydrogens (primary N) is 5. The van der Waals surface area contributed by atoms with Crippen LogP contribution in [0.15, 0.2) is 47.5 Å². The zero-order chi connectivity index (χ0) is 34.9. The summed E-state index contributed by atoms with van der Waals surface area (Å²) in [6, 6.07) is 11.4. The number of primary amides is 1. The van der Waals surface area contributed by atoms with E-state index in [0.717, 1.165) is 22.3 Å². The molecular formula is C35H53N7O5. The van der Waals surface area contributed by atoms with Crippen LogP contribution >= 0.6 is 0 Å². The lowest BCUT2D eigenvalue weighted by Gasteiger charge is -2.25. The Morgan fingerprint density at radius 1 is 0.851 bits per heavy atom. The highest BCUT2D eigenvalue weighted by molar-refractivity contribution is 5.94. The maximum atomic E-state index is 14.0. The molecule has 12 heteroatoms. The van der Waals surface area contributed by atoms with Crippen molar-refractivity contribution in [2.45, 2.75) is 83.7 Å². The van der Waals surface area contributed by atoms with Gasteiger partial charge in [0.1, 0.15) is 11.5 Å². The Labute approximate surface area is 278 Å². The number of amides is 2. The van der Waals surface area contributed by atoms with E-state index in [1.165, 1.54) is 0 Å². The van der Waals surface area contributed by atoms with E-state index in [4.69, 9.17) is 33.4 Å². The zero-order valence-corrected chi connectivity index (χ0v) is 28.0. The normalized spacial score (nSPS) is 13.6. The van der Waals surface area contributed by atoms with Gasteiger partial charge in [-0.25, -0.2) is 0 Å². The summed E-state index contributed by atoms with van der Waals surface area (Å²) >= 11 is 0. The fraction of sp³-hybridized carbons (Fsp3) is 0.514.